The van der Waals surface area contributed by atoms with Crippen molar-refractivity contribution in [1.82, 2.24) is 35.5 Å². The van der Waals surface area contributed by atoms with Gasteiger partial charge in [0.1, 0.15) is 0 Å². The van der Waals surface area contributed by atoms with Gasteiger partial charge in [0.15, 0.2) is 0 Å². The van der Waals surface area contributed by atoms with Crippen LogP contribution in [0.5, 0.6) is 0 Å². The first kappa shape index (κ1) is 27.2. The van der Waals surface area contributed by atoms with E-state index in [1.54, 1.807) is 24.3 Å². The van der Waals surface area contributed by atoms with E-state index >= 15 is 0 Å². The van der Waals surface area contributed by atoms with Gasteiger partial charge in [0.05, 0.1) is 44.1 Å². The van der Waals surface area contributed by atoms with Crippen molar-refractivity contribution in [1.29, 1.82) is 0 Å². The predicted octanol–water partition coefficient (Wildman–Crippen LogP) is 4.75. The lowest BCUT2D eigenvalue weighted by molar-refractivity contribution is 0.0946. The highest BCUT2D eigenvalue weighted by Crippen LogP contribution is 2.18. The Labute approximate surface area is 243 Å². The summed E-state index contributed by atoms with van der Waals surface area (Å²) in [7, 11) is 2.04. The van der Waals surface area contributed by atoms with Crippen LogP contribution in [0.3, 0.4) is 0 Å². The zero-order chi connectivity index (χ0) is 28.9. The summed E-state index contributed by atoms with van der Waals surface area (Å²) in [5, 5.41) is 6.00. The van der Waals surface area contributed by atoms with Crippen LogP contribution in [-0.2, 0) is 0 Å². The summed E-state index contributed by atoms with van der Waals surface area (Å²) >= 11 is 0. The maximum Gasteiger partial charge on any atom is 0.251 e. The Kier molecular flexibility index (Phi) is 7.91. The van der Waals surface area contributed by atoms with Crippen molar-refractivity contribution >= 4 is 55.9 Å². The number of fused-ring (bicyclic) bond motifs is 4. The van der Waals surface area contributed by atoms with Crippen LogP contribution < -0.4 is 10.6 Å². The number of rotatable bonds is 10. The van der Waals surface area contributed by atoms with E-state index in [1.165, 1.54) is 0 Å². The Morgan fingerprint density at radius 1 is 0.548 bits per heavy atom. The second kappa shape index (κ2) is 12.2. The molecule has 2 amide bonds. The topological polar surface area (TPSA) is 113 Å². The van der Waals surface area contributed by atoms with Crippen molar-refractivity contribution in [2.24, 2.45) is 0 Å². The van der Waals surface area contributed by atoms with Crippen LogP contribution >= 0.6 is 0 Å². The van der Waals surface area contributed by atoms with Gasteiger partial charge >= 0.3 is 0 Å². The first-order valence-electron chi connectivity index (χ1n) is 14.1. The number of hydrogen-bond donors (Lipinski definition) is 2. The molecule has 210 valence electrons. The Morgan fingerprint density at radius 3 is 1.31 bits per heavy atom. The van der Waals surface area contributed by atoms with Gasteiger partial charge in [-0.3, -0.25) is 9.59 Å². The maximum atomic E-state index is 12.7. The Hall–Kier alpha value is -5.02. The standard InChI is InChI=1S/C33H31N7O2/c1-40(18-6-16-34-32(41)22-12-14-28-30(20-22)38-26-10-4-2-8-24(26)36-28)19-7-17-35-33(42)23-13-15-29-31(21-23)39-27-11-5-3-9-25(27)37-29/h2-5,8-15,20-21H,6-7,16-19H2,1H3,(H,34,41)(H,35,42). The summed E-state index contributed by atoms with van der Waals surface area (Å²) in [6.07, 6.45) is 1.64. The molecule has 0 saturated carbocycles. The largest absolute Gasteiger partial charge is 0.352 e. The van der Waals surface area contributed by atoms with Crippen molar-refractivity contribution in [2.45, 2.75) is 12.8 Å². The summed E-state index contributed by atoms with van der Waals surface area (Å²) in [5.41, 5.74) is 7.38. The van der Waals surface area contributed by atoms with Crippen LogP contribution in [0, 0.1) is 0 Å². The molecule has 42 heavy (non-hydrogen) atoms. The molecule has 2 heterocycles. The van der Waals surface area contributed by atoms with Crippen molar-refractivity contribution < 1.29 is 9.59 Å². The number of benzene rings is 4. The third-order valence-electron chi connectivity index (χ3n) is 7.21. The fourth-order valence-electron chi connectivity index (χ4n) is 4.94. The molecule has 0 unspecified atom stereocenters. The first-order valence-corrected chi connectivity index (χ1v) is 14.1. The molecule has 2 aromatic heterocycles. The van der Waals surface area contributed by atoms with Gasteiger partial charge < -0.3 is 15.5 Å². The Balaban J connectivity index is 0.917. The van der Waals surface area contributed by atoms with Crippen LogP contribution in [-0.4, -0.2) is 69.9 Å². The molecule has 0 radical (unpaired) electrons. The fourth-order valence-corrected chi connectivity index (χ4v) is 4.94. The van der Waals surface area contributed by atoms with Crippen LogP contribution in [0.1, 0.15) is 33.6 Å². The molecule has 0 spiro atoms. The van der Waals surface area contributed by atoms with Gasteiger partial charge in [-0.25, -0.2) is 19.9 Å². The lowest BCUT2D eigenvalue weighted by atomic mass is 10.1. The van der Waals surface area contributed by atoms with Crippen molar-refractivity contribution in [3.63, 3.8) is 0 Å². The molecule has 6 aromatic rings. The fraction of sp³-hybridized carbons (Fsp3) is 0.212. The minimum Gasteiger partial charge on any atom is -0.352 e. The summed E-state index contributed by atoms with van der Waals surface area (Å²) < 4.78 is 0. The molecule has 0 bridgehead atoms. The molecule has 0 aliphatic heterocycles. The normalized spacial score (nSPS) is 11.5. The summed E-state index contributed by atoms with van der Waals surface area (Å²) in [6, 6.07) is 26.2. The van der Waals surface area contributed by atoms with Gasteiger partial charge in [-0.15, -0.1) is 0 Å². The molecule has 0 atom stereocenters. The van der Waals surface area contributed by atoms with Crippen LogP contribution in [0.15, 0.2) is 84.9 Å². The second-order valence-corrected chi connectivity index (χ2v) is 10.4. The molecular formula is C33H31N7O2. The highest BCUT2D eigenvalue weighted by atomic mass is 16.2. The molecule has 0 saturated heterocycles. The third-order valence-corrected chi connectivity index (χ3v) is 7.21. The predicted molar refractivity (Wildman–Crippen MR) is 165 cm³/mol. The van der Waals surface area contributed by atoms with Crippen molar-refractivity contribution in [3.05, 3.63) is 96.1 Å². The van der Waals surface area contributed by atoms with Gasteiger partial charge in [-0.05, 0) is 93.6 Å². The first-order chi connectivity index (χ1) is 20.5. The number of carbonyl (C=O) groups is 2. The number of para-hydroxylation sites is 4. The number of nitrogens with zero attached hydrogens (tertiary/aromatic N) is 5. The zero-order valence-electron chi connectivity index (χ0n) is 23.4. The van der Waals surface area contributed by atoms with E-state index in [2.05, 4.69) is 35.5 Å². The monoisotopic (exact) mass is 557 g/mol. The van der Waals surface area contributed by atoms with Gasteiger partial charge in [-0.2, -0.15) is 0 Å². The lowest BCUT2D eigenvalue weighted by Gasteiger charge is -2.17. The van der Waals surface area contributed by atoms with Gasteiger partial charge in [0, 0.05) is 24.2 Å². The number of hydrogen-bond acceptors (Lipinski definition) is 7. The Morgan fingerprint density at radius 2 is 0.905 bits per heavy atom. The summed E-state index contributed by atoms with van der Waals surface area (Å²) in [5.74, 6) is -0.241. The average molecular weight is 558 g/mol. The van der Waals surface area contributed by atoms with Gasteiger partial charge in [0.25, 0.3) is 11.8 Å². The molecule has 2 N–H and O–H groups in total. The van der Waals surface area contributed by atoms with E-state index in [4.69, 9.17) is 0 Å². The molecule has 0 aliphatic rings. The summed E-state index contributed by atoms with van der Waals surface area (Å²) in [4.78, 5) is 46.1. The van der Waals surface area contributed by atoms with E-state index in [0.717, 1.165) is 59.0 Å². The third kappa shape index (κ3) is 6.16. The SMILES string of the molecule is CN(CCCNC(=O)c1ccc2nc3ccccc3nc2c1)CCCNC(=O)c1ccc2nc3ccccc3nc2c1. The smallest absolute Gasteiger partial charge is 0.251 e. The molecule has 0 aliphatic carbocycles. The highest BCUT2D eigenvalue weighted by Gasteiger charge is 2.10. The van der Waals surface area contributed by atoms with Gasteiger partial charge in [0.2, 0.25) is 0 Å². The van der Waals surface area contributed by atoms with Crippen molar-refractivity contribution in [3.8, 4) is 0 Å². The minimum atomic E-state index is -0.120. The van der Waals surface area contributed by atoms with Crippen LogP contribution in [0.2, 0.25) is 0 Å². The zero-order valence-corrected chi connectivity index (χ0v) is 23.4. The minimum absolute atomic E-state index is 0.120. The number of aromatic nitrogens is 4. The second-order valence-electron chi connectivity index (χ2n) is 10.4. The number of nitrogens with one attached hydrogen (secondary N) is 2. The van der Waals surface area contributed by atoms with Crippen LogP contribution in [0.25, 0.3) is 44.1 Å². The van der Waals surface area contributed by atoms with E-state index in [9.17, 15) is 9.59 Å². The highest BCUT2D eigenvalue weighted by molar-refractivity contribution is 5.99. The molecule has 6 rings (SSSR count). The van der Waals surface area contributed by atoms with E-state index in [-0.39, 0.29) is 11.8 Å². The summed E-state index contributed by atoms with van der Waals surface area (Å²) in [6.45, 7) is 2.81. The Bertz CT molecular complexity index is 1790. The molecule has 9 nitrogen and oxygen atoms in total. The molecule has 0 fully saturated rings. The average Bonchev–Trinajstić information content (AvgIpc) is 3.02. The molecule has 9 heteroatoms. The van der Waals surface area contributed by atoms with Crippen LogP contribution in [0.4, 0.5) is 0 Å². The van der Waals surface area contributed by atoms with Gasteiger partial charge in [-0.1, -0.05) is 24.3 Å². The quantitative estimate of drug-likeness (QED) is 0.185. The lowest BCUT2D eigenvalue weighted by Crippen LogP contribution is -2.30. The van der Waals surface area contributed by atoms with E-state index in [0.29, 0.717) is 35.2 Å². The molecule has 4 aromatic carbocycles. The molecular weight excluding hydrogens is 526 g/mol. The maximum absolute atomic E-state index is 12.7. The van der Waals surface area contributed by atoms with E-state index in [1.807, 2.05) is 67.7 Å². The van der Waals surface area contributed by atoms with E-state index < -0.39 is 0 Å². The number of amides is 2. The van der Waals surface area contributed by atoms with Crippen molar-refractivity contribution in [2.75, 3.05) is 33.2 Å². The number of carbonyl (C=O) groups excluding carboxylic acids is 2.